The smallest absolute Gasteiger partial charge is 0.234 e. The molecule has 0 bridgehead atoms. The highest BCUT2D eigenvalue weighted by Gasteiger charge is 2.21. The molecule has 0 aromatic heterocycles. The Morgan fingerprint density at radius 3 is 2.92 bits per heavy atom. The minimum Gasteiger partial charge on any atom is -0.374 e. The number of likely N-dealkylation sites (N-methyl/N-ethyl adjacent to an activating group) is 1. The number of benzene rings is 1. The van der Waals surface area contributed by atoms with Gasteiger partial charge in [0.1, 0.15) is 0 Å². The van der Waals surface area contributed by atoms with E-state index in [2.05, 4.69) is 46.1 Å². The second-order valence-electron chi connectivity index (χ2n) is 7.21. The zero-order chi connectivity index (χ0) is 18.2. The van der Waals surface area contributed by atoms with Crippen molar-refractivity contribution in [1.82, 2.24) is 15.1 Å². The van der Waals surface area contributed by atoms with Crippen LogP contribution < -0.4 is 5.32 Å². The maximum atomic E-state index is 12.2. The molecule has 1 saturated heterocycles. The number of morpholine rings is 1. The average molecular weight is 412 g/mol. The molecule has 1 unspecified atom stereocenters. The summed E-state index contributed by atoms with van der Waals surface area (Å²) in [4.78, 5) is 16.6. The molecule has 1 aliphatic rings. The SMILES string of the molecule is CC(C)CN1CCOC(CNC(=O)CN(C)Cc2ccccc2Br)C1. The molecule has 1 heterocycles. The lowest BCUT2D eigenvalue weighted by Gasteiger charge is -2.34. The summed E-state index contributed by atoms with van der Waals surface area (Å²) in [5, 5.41) is 3.01. The molecule has 6 heteroatoms. The molecule has 1 aromatic carbocycles. The van der Waals surface area contributed by atoms with Crippen LogP contribution in [-0.2, 0) is 16.1 Å². The Labute approximate surface area is 159 Å². The number of hydrogen-bond donors (Lipinski definition) is 1. The minimum absolute atomic E-state index is 0.0409. The number of carbonyl (C=O) groups is 1. The van der Waals surface area contributed by atoms with E-state index >= 15 is 0 Å². The summed E-state index contributed by atoms with van der Waals surface area (Å²) in [5.41, 5.74) is 1.18. The van der Waals surface area contributed by atoms with Gasteiger partial charge in [0.15, 0.2) is 0 Å². The van der Waals surface area contributed by atoms with Crippen LogP contribution in [0.1, 0.15) is 19.4 Å². The van der Waals surface area contributed by atoms with Crippen molar-refractivity contribution in [1.29, 1.82) is 0 Å². The van der Waals surface area contributed by atoms with Crippen molar-refractivity contribution in [3.63, 3.8) is 0 Å². The van der Waals surface area contributed by atoms with Gasteiger partial charge >= 0.3 is 0 Å². The molecule has 25 heavy (non-hydrogen) atoms. The van der Waals surface area contributed by atoms with Crippen molar-refractivity contribution in [3.05, 3.63) is 34.3 Å². The molecule has 1 N–H and O–H groups in total. The van der Waals surface area contributed by atoms with E-state index in [9.17, 15) is 4.79 Å². The van der Waals surface area contributed by atoms with Crippen LogP contribution in [-0.4, -0.2) is 68.2 Å². The molecule has 0 saturated carbocycles. The molecule has 1 aliphatic heterocycles. The second-order valence-corrected chi connectivity index (χ2v) is 8.07. The van der Waals surface area contributed by atoms with Crippen molar-refractivity contribution in [2.24, 2.45) is 5.92 Å². The van der Waals surface area contributed by atoms with Crippen LogP contribution in [0.4, 0.5) is 0 Å². The van der Waals surface area contributed by atoms with E-state index in [1.165, 1.54) is 5.56 Å². The van der Waals surface area contributed by atoms with Gasteiger partial charge in [-0.2, -0.15) is 0 Å². The third-order valence-electron chi connectivity index (χ3n) is 4.18. The fourth-order valence-corrected chi connectivity index (χ4v) is 3.50. The van der Waals surface area contributed by atoms with Crippen LogP contribution in [0.25, 0.3) is 0 Å². The number of nitrogens with zero attached hydrogens (tertiary/aromatic N) is 2. The fraction of sp³-hybridized carbons (Fsp3) is 0.632. The molecule has 0 radical (unpaired) electrons. The largest absolute Gasteiger partial charge is 0.374 e. The molecule has 0 aliphatic carbocycles. The van der Waals surface area contributed by atoms with Gasteiger partial charge in [-0.05, 0) is 24.6 Å². The van der Waals surface area contributed by atoms with Crippen molar-refractivity contribution in [2.75, 3.05) is 46.4 Å². The Kier molecular flexibility index (Phi) is 8.36. The van der Waals surface area contributed by atoms with E-state index in [0.717, 1.165) is 37.3 Å². The van der Waals surface area contributed by atoms with Crippen molar-refractivity contribution < 1.29 is 9.53 Å². The van der Waals surface area contributed by atoms with E-state index in [4.69, 9.17) is 4.74 Å². The maximum Gasteiger partial charge on any atom is 0.234 e. The van der Waals surface area contributed by atoms with Crippen LogP contribution in [0, 0.1) is 5.92 Å². The highest BCUT2D eigenvalue weighted by atomic mass is 79.9. The van der Waals surface area contributed by atoms with Gasteiger partial charge in [0.2, 0.25) is 5.91 Å². The lowest BCUT2D eigenvalue weighted by molar-refractivity contribution is -0.123. The maximum absolute atomic E-state index is 12.2. The van der Waals surface area contributed by atoms with Crippen LogP contribution in [0.5, 0.6) is 0 Å². The Hall–Kier alpha value is -0.950. The number of ether oxygens (including phenoxy) is 1. The summed E-state index contributed by atoms with van der Waals surface area (Å²) in [5.74, 6) is 0.693. The molecule has 140 valence electrons. The van der Waals surface area contributed by atoms with E-state index in [1.54, 1.807) is 0 Å². The summed E-state index contributed by atoms with van der Waals surface area (Å²) in [7, 11) is 1.96. The summed E-state index contributed by atoms with van der Waals surface area (Å²) >= 11 is 3.55. The van der Waals surface area contributed by atoms with Gasteiger partial charge < -0.3 is 10.1 Å². The van der Waals surface area contributed by atoms with E-state index in [1.807, 2.05) is 30.1 Å². The van der Waals surface area contributed by atoms with E-state index < -0.39 is 0 Å². The Morgan fingerprint density at radius 2 is 2.20 bits per heavy atom. The van der Waals surface area contributed by atoms with Crippen LogP contribution in [0.15, 0.2) is 28.7 Å². The van der Waals surface area contributed by atoms with Crippen molar-refractivity contribution in [3.8, 4) is 0 Å². The second kappa shape index (κ2) is 10.3. The van der Waals surface area contributed by atoms with E-state index in [-0.39, 0.29) is 12.0 Å². The molecule has 2 rings (SSSR count). The number of hydrogen-bond acceptors (Lipinski definition) is 4. The third-order valence-corrected chi connectivity index (χ3v) is 4.96. The van der Waals surface area contributed by atoms with Gasteiger partial charge in [-0.1, -0.05) is 48.0 Å². The Morgan fingerprint density at radius 1 is 1.44 bits per heavy atom. The summed E-state index contributed by atoms with van der Waals surface area (Å²) < 4.78 is 6.85. The Bertz CT molecular complexity index is 553. The molecule has 5 nitrogen and oxygen atoms in total. The van der Waals surface area contributed by atoms with Crippen LogP contribution in [0.3, 0.4) is 0 Å². The standard InChI is InChI=1S/C19H30BrN3O2/c1-15(2)11-23-8-9-25-17(13-23)10-21-19(24)14-22(3)12-16-6-4-5-7-18(16)20/h4-7,15,17H,8-14H2,1-3H3,(H,21,24). The first-order valence-electron chi connectivity index (χ1n) is 8.96. The molecule has 0 spiro atoms. The number of halogens is 1. The molecule has 1 aromatic rings. The predicted molar refractivity (Wildman–Crippen MR) is 105 cm³/mol. The lowest BCUT2D eigenvalue weighted by Crippen LogP contribution is -2.49. The first kappa shape index (κ1) is 20.4. The highest BCUT2D eigenvalue weighted by molar-refractivity contribution is 9.10. The van der Waals surface area contributed by atoms with Crippen LogP contribution in [0.2, 0.25) is 0 Å². The molecule has 1 fully saturated rings. The first-order valence-corrected chi connectivity index (χ1v) is 9.76. The monoisotopic (exact) mass is 411 g/mol. The normalized spacial score (nSPS) is 18.7. The van der Waals surface area contributed by atoms with Gasteiger partial charge in [-0.15, -0.1) is 0 Å². The van der Waals surface area contributed by atoms with Gasteiger partial charge in [0, 0.05) is 37.2 Å². The number of nitrogens with one attached hydrogen (secondary N) is 1. The average Bonchev–Trinajstić information content (AvgIpc) is 2.55. The van der Waals surface area contributed by atoms with Gasteiger partial charge in [0.25, 0.3) is 0 Å². The lowest BCUT2D eigenvalue weighted by atomic mass is 10.2. The van der Waals surface area contributed by atoms with Crippen LogP contribution >= 0.6 is 15.9 Å². The van der Waals surface area contributed by atoms with Crippen molar-refractivity contribution in [2.45, 2.75) is 26.5 Å². The predicted octanol–water partition coefficient (Wildman–Crippen LogP) is 2.35. The molecular formula is C19H30BrN3O2. The van der Waals surface area contributed by atoms with E-state index in [0.29, 0.717) is 19.0 Å². The minimum atomic E-state index is 0.0409. The summed E-state index contributed by atoms with van der Waals surface area (Å²) in [6.45, 7) is 9.86. The number of rotatable bonds is 8. The Balaban J connectivity index is 1.70. The van der Waals surface area contributed by atoms with Gasteiger partial charge in [-0.25, -0.2) is 0 Å². The number of carbonyl (C=O) groups excluding carboxylic acids is 1. The molecule has 1 atom stereocenters. The molecule has 1 amide bonds. The zero-order valence-electron chi connectivity index (χ0n) is 15.5. The number of amides is 1. The van der Waals surface area contributed by atoms with Gasteiger partial charge in [0.05, 0.1) is 19.3 Å². The summed E-state index contributed by atoms with van der Waals surface area (Å²) in [6.07, 6.45) is 0.0880. The third kappa shape index (κ3) is 7.44. The zero-order valence-corrected chi connectivity index (χ0v) is 17.1. The molecular weight excluding hydrogens is 382 g/mol. The fourth-order valence-electron chi connectivity index (χ4n) is 3.09. The highest BCUT2D eigenvalue weighted by Crippen LogP contribution is 2.17. The van der Waals surface area contributed by atoms with Crippen molar-refractivity contribution >= 4 is 21.8 Å². The summed E-state index contributed by atoms with van der Waals surface area (Å²) in [6, 6.07) is 8.09. The quantitative estimate of drug-likeness (QED) is 0.712. The topological polar surface area (TPSA) is 44.8 Å². The first-order chi connectivity index (χ1) is 11.9. The van der Waals surface area contributed by atoms with Gasteiger partial charge in [-0.3, -0.25) is 14.6 Å².